The summed E-state index contributed by atoms with van der Waals surface area (Å²) in [6, 6.07) is 5.65. The van der Waals surface area contributed by atoms with Crippen molar-refractivity contribution in [2.45, 2.75) is 44.1 Å². The molecule has 1 amide bonds. The molecule has 2 rings (SSSR count). The number of hydrogen-bond acceptors (Lipinski definition) is 4. The Morgan fingerprint density at radius 2 is 1.96 bits per heavy atom. The highest BCUT2D eigenvalue weighted by Gasteiger charge is 2.39. The molecule has 8 heteroatoms. The predicted octanol–water partition coefficient (Wildman–Crippen LogP) is 2.42. The van der Waals surface area contributed by atoms with Gasteiger partial charge >= 0.3 is 0 Å². The van der Waals surface area contributed by atoms with Gasteiger partial charge in [-0.05, 0) is 55.9 Å². The summed E-state index contributed by atoms with van der Waals surface area (Å²) in [7, 11) is -3.46. The van der Waals surface area contributed by atoms with E-state index in [2.05, 4.69) is 10.0 Å². The molecule has 1 aliphatic rings. The van der Waals surface area contributed by atoms with Crippen molar-refractivity contribution >= 4 is 27.7 Å². The highest BCUT2D eigenvalue weighted by atomic mass is 32.2. The first-order valence-electron chi connectivity index (χ1n) is 8.84. The lowest BCUT2D eigenvalue weighted by molar-refractivity contribution is -0.123. The van der Waals surface area contributed by atoms with Crippen LogP contribution in [0.3, 0.4) is 0 Å². The highest BCUT2D eigenvalue weighted by molar-refractivity contribution is 7.98. The SMILES string of the molecule is CCS(=O)(=O)NC(CCSC)C(=O)NCC1(c2ccc(F)cc2)CCC1. The Kier molecular flexibility index (Phi) is 7.49. The molecule has 0 aromatic heterocycles. The molecule has 26 heavy (non-hydrogen) atoms. The molecule has 1 aromatic rings. The van der Waals surface area contributed by atoms with Gasteiger partial charge in [0.25, 0.3) is 0 Å². The fourth-order valence-electron chi connectivity index (χ4n) is 3.13. The summed E-state index contributed by atoms with van der Waals surface area (Å²) in [4.78, 5) is 12.6. The van der Waals surface area contributed by atoms with Gasteiger partial charge in [0, 0.05) is 12.0 Å². The van der Waals surface area contributed by atoms with E-state index < -0.39 is 16.1 Å². The van der Waals surface area contributed by atoms with Crippen LogP contribution in [0.15, 0.2) is 24.3 Å². The molecule has 0 aliphatic heterocycles. The summed E-state index contributed by atoms with van der Waals surface area (Å²) in [5.74, 6) is 0.0472. The van der Waals surface area contributed by atoms with E-state index in [0.29, 0.717) is 18.7 Å². The maximum atomic E-state index is 13.2. The molecular formula is C18H27FN2O3S2. The summed E-state index contributed by atoms with van der Waals surface area (Å²) in [6.07, 6.45) is 5.27. The summed E-state index contributed by atoms with van der Waals surface area (Å²) in [5, 5.41) is 2.93. The van der Waals surface area contributed by atoms with Crippen LogP contribution < -0.4 is 10.0 Å². The third-order valence-electron chi connectivity index (χ3n) is 5.00. The van der Waals surface area contributed by atoms with Gasteiger partial charge in [-0.1, -0.05) is 18.6 Å². The van der Waals surface area contributed by atoms with Crippen LogP contribution in [0.1, 0.15) is 38.2 Å². The molecule has 5 nitrogen and oxygen atoms in total. The molecule has 0 radical (unpaired) electrons. The topological polar surface area (TPSA) is 75.3 Å². The van der Waals surface area contributed by atoms with E-state index in [4.69, 9.17) is 0 Å². The molecule has 1 unspecified atom stereocenters. The fourth-order valence-corrected chi connectivity index (χ4v) is 4.43. The minimum absolute atomic E-state index is 0.0600. The molecule has 0 spiro atoms. The molecule has 1 aromatic carbocycles. The van der Waals surface area contributed by atoms with E-state index in [9.17, 15) is 17.6 Å². The van der Waals surface area contributed by atoms with Crippen molar-refractivity contribution in [2.75, 3.05) is 24.3 Å². The molecule has 1 saturated carbocycles. The van der Waals surface area contributed by atoms with Crippen LogP contribution in [0.4, 0.5) is 4.39 Å². The maximum absolute atomic E-state index is 13.2. The molecular weight excluding hydrogens is 375 g/mol. The number of amides is 1. The third kappa shape index (κ3) is 5.44. The number of nitrogens with one attached hydrogen (secondary N) is 2. The Bertz CT molecular complexity index is 704. The summed E-state index contributed by atoms with van der Waals surface area (Å²) in [6.45, 7) is 1.98. The lowest BCUT2D eigenvalue weighted by Gasteiger charge is -2.43. The molecule has 1 aliphatic carbocycles. The molecule has 1 atom stereocenters. The lowest BCUT2D eigenvalue weighted by Crippen LogP contribution is -2.52. The van der Waals surface area contributed by atoms with Crippen molar-refractivity contribution in [2.24, 2.45) is 0 Å². The third-order valence-corrected chi connectivity index (χ3v) is 7.04. The Labute approximate surface area is 159 Å². The second-order valence-electron chi connectivity index (χ2n) is 6.71. The second-order valence-corrected chi connectivity index (χ2v) is 9.74. The van der Waals surface area contributed by atoms with Crippen molar-refractivity contribution in [3.63, 3.8) is 0 Å². The first kappa shape index (κ1) is 21.2. The van der Waals surface area contributed by atoms with Gasteiger partial charge in [0.05, 0.1) is 5.75 Å². The first-order chi connectivity index (χ1) is 12.3. The predicted molar refractivity (Wildman–Crippen MR) is 104 cm³/mol. The van der Waals surface area contributed by atoms with E-state index >= 15 is 0 Å². The Hall–Kier alpha value is -1.12. The van der Waals surface area contributed by atoms with E-state index in [1.165, 1.54) is 12.1 Å². The van der Waals surface area contributed by atoms with Crippen molar-refractivity contribution in [1.29, 1.82) is 0 Å². The zero-order valence-corrected chi connectivity index (χ0v) is 16.9. The number of thioether (sulfide) groups is 1. The van der Waals surface area contributed by atoms with Gasteiger partial charge in [-0.2, -0.15) is 11.8 Å². The Morgan fingerprint density at radius 3 is 2.46 bits per heavy atom. The zero-order valence-electron chi connectivity index (χ0n) is 15.3. The average molecular weight is 403 g/mol. The normalized spacial score (nSPS) is 17.3. The number of hydrogen-bond donors (Lipinski definition) is 2. The Balaban J connectivity index is 2.04. The second kappa shape index (κ2) is 9.19. The molecule has 2 N–H and O–H groups in total. The van der Waals surface area contributed by atoms with Crippen LogP contribution in [0.25, 0.3) is 0 Å². The highest BCUT2D eigenvalue weighted by Crippen LogP contribution is 2.43. The van der Waals surface area contributed by atoms with Crippen LogP contribution in [0, 0.1) is 5.82 Å². The number of halogens is 1. The van der Waals surface area contributed by atoms with Crippen molar-refractivity contribution < 1.29 is 17.6 Å². The van der Waals surface area contributed by atoms with Gasteiger partial charge in [-0.25, -0.2) is 17.5 Å². The largest absolute Gasteiger partial charge is 0.354 e. The smallest absolute Gasteiger partial charge is 0.238 e. The van der Waals surface area contributed by atoms with Crippen molar-refractivity contribution in [1.82, 2.24) is 10.0 Å². The molecule has 1 fully saturated rings. The minimum atomic E-state index is -3.46. The number of carbonyl (C=O) groups is 1. The standard InChI is InChI=1S/C18H27FN2O3S2/c1-3-26(23,24)21-16(9-12-25-2)17(22)20-13-18(10-4-11-18)14-5-7-15(19)8-6-14/h5-8,16,21H,3-4,9-13H2,1-2H3,(H,20,22). The molecule has 0 bridgehead atoms. The van der Waals surface area contributed by atoms with Crippen LogP contribution in [0.5, 0.6) is 0 Å². The van der Waals surface area contributed by atoms with Crippen LogP contribution in [-0.4, -0.2) is 44.7 Å². The zero-order chi connectivity index (χ0) is 19.2. The van der Waals surface area contributed by atoms with Crippen molar-refractivity contribution in [3.8, 4) is 0 Å². The van der Waals surface area contributed by atoms with E-state index in [-0.39, 0.29) is 22.9 Å². The molecule has 0 saturated heterocycles. The summed E-state index contributed by atoms with van der Waals surface area (Å²) >= 11 is 1.57. The van der Waals surface area contributed by atoms with E-state index in [0.717, 1.165) is 24.8 Å². The molecule has 0 heterocycles. The first-order valence-corrected chi connectivity index (χ1v) is 11.9. The van der Waals surface area contributed by atoms with E-state index in [1.807, 2.05) is 6.26 Å². The number of carbonyl (C=O) groups excluding carboxylic acids is 1. The van der Waals surface area contributed by atoms with Gasteiger partial charge in [0.15, 0.2) is 0 Å². The van der Waals surface area contributed by atoms with Gasteiger partial charge in [0.2, 0.25) is 15.9 Å². The van der Waals surface area contributed by atoms with E-state index in [1.54, 1.807) is 30.8 Å². The minimum Gasteiger partial charge on any atom is -0.354 e. The molecule has 146 valence electrons. The van der Waals surface area contributed by atoms with Crippen LogP contribution >= 0.6 is 11.8 Å². The number of benzene rings is 1. The quantitative estimate of drug-likeness (QED) is 0.630. The summed E-state index contributed by atoms with van der Waals surface area (Å²) in [5.41, 5.74) is 0.831. The van der Waals surface area contributed by atoms with Crippen molar-refractivity contribution in [3.05, 3.63) is 35.6 Å². The fraction of sp³-hybridized carbons (Fsp3) is 0.611. The van der Waals surface area contributed by atoms with Gasteiger partial charge in [-0.3, -0.25) is 4.79 Å². The maximum Gasteiger partial charge on any atom is 0.238 e. The average Bonchev–Trinajstić information content (AvgIpc) is 2.58. The summed E-state index contributed by atoms with van der Waals surface area (Å²) < 4.78 is 39.4. The van der Waals surface area contributed by atoms with Gasteiger partial charge in [0.1, 0.15) is 11.9 Å². The monoisotopic (exact) mass is 402 g/mol. The number of rotatable bonds is 10. The van der Waals surface area contributed by atoms with Gasteiger partial charge < -0.3 is 5.32 Å². The van der Waals surface area contributed by atoms with Crippen LogP contribution in [-0.2, 0) is 20.2 Å². The van der Waals surface area contributed by atoms with Gasteiger partial charge in [-0.15, -0.1) is 0 Å². The van der Waals surface area contributed by atoms with Crippen LogP contribution in [0.2, 0.25) is 0 Å². The number of sulfonamides is 1. The lowest BCUT2D eigenvalue weighted by atomic mass is 9.64. The Morgan fingerprint density at radius 1 is 1.31 bits per heavy atom.